The molecule has 6 nitrogen and oxygen atoms in total. The Morgan fingerprint density at radius 3 is 2.67 bits per heavy atom. The average Bonchev–Trinajstić information content (AvgIpc) is 3.10. The van der Waals surface area contributed by atoms with Gasteiger partial charge in [0.2, 0.25) is 0 Å². The highest BCUT2D eigenvalue weighted by atomic mass is 19.1. The van der Waals surface area contributed by atoms with Crippen molar-refractivity contribution in [2.75, 3.05) is 13.1 Å². The van der Waals surface area contributed by atoms with E-state index in [1.165, 1.54) is 12.1 Å². The van der Waals surface area contributed by atoms with Gasteiger partial charge in [-0.1, -0.05) is 12.1 Å². The number of likely N-dealkylation sites (tertiary alicyclic amines) is 1. The number of hydrogen-bond acceptors (Lipinski definition) is 4. The van der Waals surface area contributed by atoms with Crippen LogP contribution in [0.25, 0.3) is 16.9 Å². The summed E-state index contributed by atoms with van der Waals surface area (Å²) in [6, 6.07) is 6.52. The standard InChI is InChI=1S/C23H27FN4O2/c1-23(2,3)30-22(29)27-9-7-16(8-10-27)11-19-15-28-20(13-26-21(28)14-25-19)17-5-4-6-18(24)12-17/h4-6,12-16H,7-11H2,1-3H3. The number of aromatic nitrogens is 3. The first-order valence-electron chi connectivity index (χ1n) is 10.3. The molecule has 0 unspecified atom stereocenters. The predicted octanol–water partition coefficient (Wildman–Crippen LogP) is 4.73. The van der Waals surface area contributed by atoms with E-state index in [4.69, 9.17) is 4.74 Å². The highest BCUT2D eigenvalue weighted by Crippen LogP contribution is 2.25. The number of carbonyl (C=O) groups excluding carboxylic acids is 1. The molecule has 0 spiro atoms. The fourth-order valence-corrected chi connectivity index (χ4v) is 3.84. The zero-order chi connectivity index (χ0) is 21.3. The molecule has 1 fully saturated rings. The van der Waals surface area contributed by atoms with Crippen LogP contribution in [0.3, 0.4) is 0 Å². The lowest BCUT2D eigenvalue weighted by atomic mass is 9.92. The average molecular weight is 410 g/mol. The van der Waals surface area contributed by atoms with Gasteiger partial charge < -0.3 is 9.64 Å². The van der Waals surface area contributed by atoms with Crippen LogP contribution in [0.2, 0.25) is 0 Å². The van der Waals surface area contributed by atoms with Crippen LogP contribution in [0.4, 0.5) is 9.18 Å². The van der Waals surface area contributed by atoms with E-state index in [1.54, 1.807) is 23.4 Å². The van der Waals surface area contributed by atoms with Crippen molar-refractivity contribution in [2.24, 2.45) is 5.92 Å². The fraction of sp³-hybridized carbons (Fsp3) is 0.435. The molecular weight excluding hydrogens is 383 g/mol. The van der Waals surface area contributed by atoms with Gasteiger partial charge in [0.15, 0.2) is 5.65 Å². The Hall–Kier alpha value is -2.96. The first-order valence-corrected chi connectivity index (χ1v) is 10.3. The van der Waals surface area contributed by atoms with E-state index in [1.807, 2.05) is 37.4 Å². The monoisotopic (exact) mass is 410 g/mol. The van der Waals surface area contributed by atoms with Gasteiger partial charge in [-0.25, -0.2) is 14.2 Å². The minimum absolute atomic E-state index is 0.237. The number of piperidine rings is 1. The normalized spacial score (nSPS) is 15.5. The summed E-state index contributed by atoms with van der Waals surface area (Å²) in [5.41, 5.74) is 2.85. The van der Waals surface area contributed by atoms with Crippen LogP contribution >= 0.6 is 0 Å². The molecule has 4 rings (SSSR count). The van der Waals surface area contributed by atoms with E-state index in [2.05, 4.69) is 9.97 Å². The van der Waals surface area contributed by atoms with E-state index in [0.717, 1.165) is 41.9 Å². The molecule has 1 aliphatic rings. The van der Waals surface area contributed by atoms with Crippen molar-refractivity contribution in [3.63, 3.8) is 0 Å². The molecule has 0 N–H and O–H groups in total. The van der Waals surface area contributed by atoms with Crippen molar-refractivity contribution in [2.45, 2.75) is 45.6 Å². The Morgan fingerprint density at radius 1 is 1.20 bits per heavy atom. The lowest BCUT2D eigenvalue weighted by molar-refractivity contribution is 0.0184. The SMILES string of the molecule is CC(C)(C)OC(=O)N1CCC(Cc2cn3c(-c4cccc(F)c4)cnc3cn2)CC1. The summed E-state index contributed by atoms with van der Waals surface area (Å²) >= 11 is 0. The van der Waals surface area contributed by atoms with Gasteiger partial charge in [-0.2, -0.15) is 0 Å². The van der Waals surface area contributed by atoms with Gasteiger partial charge in [0.25, 0.3) is 0 Å². The Labute approximate surface area is 175 Å². The van der Waals surface area contributed by atoms with Gasteiger partial charge in [-0.3, -0.25) is 9.38 Å². The summed E-state index contributed by atoms with van der Waals surface area (Å²) in [5.74, 6) is 0.184. The van der Waals surface area contributed by atoms with Crippen molar-refractivity contribution >= 4 is 11.7 Å². The van der Waals surface area contributed by atoms with E-state index in [-0.39, 0.29) is 11.9 Å². The molecule has 2 aromatic heterocycles. The lowest BCUT2D eigenvalue weighted by Gasteiger charge is -2.33. The summed E-state index contributed by atoms with van der Waals surface area (Å²) in [6.45, 7) is 7.04. The second-order valence-corrected chi connectivity index (χ2v) is 8.88. The van der Waals surface area contributed by atoms with Crippen LogP contribution in [0, 0.1) is 11.7 Å². The summed E-state index contributed by atoms with van der Waals surface area (Å²) in [7, 11) is 0. The Balaban J connectivity index is 1.44. The summed E-state index contributed by atoms with van der Waals surface area (Å²) < 4.78 is 21.1. The largest absolute Gasteiger partial charge is 0.444 e. The number of imidazole rings is 1. The number of hydrogen-bond donors (Lipinski definition) is 0. The minimum Gasteiger partial charge on any atom is -0.444 e. The van der Waals surface area contributed by atoms with Gasteiger partial charge in [0.05, 0.1) is 23.8 Å². The summed E-state index contributed by atoms with van der Waals surface area (Å²) in [6.07, 6.45) is 7.92. The Bertz CT molecular complexity index is 1050. The van der Waals surface area contributed by atoms with Gasteiger partial charge in [-0.15, -0.1) is 0 Å². The van der Waals surface area contributed by atoms with Crippen molar-refractivity contribution in [3.05, 3.63) is 54.4 Å². The van der Waals surface area contributed by atoms with Gasteiger partial charge >= 0.3 is 6.09 Å². The predicted molar refractivity (Wildman–Crippen MR) is 113 cm³/mol. The second kappa shape index (κ2) is 8.05. The molecule has 158 valence electrons. The number of halogens is 1. The zero-order valence-corrected chi connectivity index (χ0v) is 17.6. The van der Waals surface area contributed by atoms with Gasteiger partial charge in [0, 0.05) is 24.8 Å². The number of carbonyl (C=O) groups is 1. The Morgan fingerprint density at radius 2 is 1.97 bits per heavy atom. The van der Waals surface area contributed by atoms with Crippen molar-refractivity contribution in [1.82, 2.24) is 19.3 Å². The van der Waals surface area contributed by atoms with Crippen molar-refractivity contribution < 1.29 is 13.9 Å². The van der Waals surface area contributed by atoms with Crippen LogP contribution in [-0.4, -0.2) is 44.1 Å². The molecule has 0 bridgehead atoms. The highest BCUT2D eigenvalue weighted by molar-refractivity contribution is 5.68. The number of benzene rings is 1. The summed E-state index contributed by atoms with van der Waals surface area (Å²) in [4.78, 5) is 23.0. The quantitative estimate of drug-likeness (QED) is 0.627. The van der Waals surface area contributed by atoms with Crippen LogP contribution in [-0.2, 0) is 11.2 Å². The second-order valence-electron chi connectivity index (χ2n) is 8.88. The lowest BCUT2D eigenvalue weighted by Crippen LogP contribution is -2.42. The number of nitrogens with zero attached hydrogens (tertiary/aromatic N) is 4. The van der Waals surface area contributed by atoms with Crippen molar-refractivity contribution in [1.29, 1.82) is 0 Å². The molecule has 1 amide bonds. The molecular formula is C23H27FN4O2. The van der Waals surface area contributed by atoms with Crippen LogP contribution in [0.1, 0.15) is 39.3 Å². The molecule has 3 heterocycles. The zero-order valence-electron chi connectivity index (χ0n) is 17.6. The molecule has 1 saturated heterocycles. The van der Waals surface area contributed by atoms with Crippen LogP contribution < -0.4 is 0 Å². The number of rotatable bonds is 3. The van der Waals surface area contributed by atoms with E-state index in [9.17, 15) is 9.18 Å². The molecule has 0 aliphatic carbocycles. The van der Waals surface area contributed by atoms with Crippen molar-refractivity contribution in [3.8, 4) is 11.3 Å². The number of amides is 1. The third-order valence-corrected chi connectivity index (χ3v) is 5.33. The van der Waals surface area contributed by atoms with Gasteiger partial charge in [0.1, 0.15) is 11.4 Å². The molecule has 30 heavy (non-hydrogen) atoms. The molecule has 1 aromatic carbocycles. The molecule has 7 heteroatoms. The molecule has 0 saturated carbocycles. The smallest absolute Gasteiger partial charge is 0.410 e. The van der Waals surface area contributed by atoms with E-state index < -0.39 is 5.60 Å². The first kappa shape index (κ1) is 20.3. The van der Waals surface area contributed by atoms with E-state index in [0.29, 0.717) is 19.0 Å². The molecule has 1 aliphatic heterocycles. The molecule has 0 radical (unpaired) electrons. The Kier molecular flexibility index (Phi) is 5.45. The highest BCUT2D eigenvalue weighted by Gasteiger charge is 2.27. The summed E-state index contributed by atoms with van der Waals surface area (Å²) in [5, 5.41) is 0. The molecule has 0 atom stereocenters. The maximum Gasteiger partial charge on any atom is 0.410 e. The van der Waals surface area contributed by atoms with Crippen LogP contribution in [0.5, 0.6) is 0 Å². The van der Waals surface area contributed by atoms with E-state index >= 15 is 0 Å². The first-order chi connectivity index (χ1) is 14.3. The fourth-order valence-electron chi connectivity index (χ4n) is 3.84. The maximum absolute atomic E-state index is 13.6. The van der Waals surface area contributed by atoms with Gasteiger partial charge in [-0.05, 0) is 58.1 Å². The maximum atomic E-state index is 13.6. The molecule has 3 aromatic rings. The van der Waals surface area contributed by atoms with Crippen LogP contribution in [0.15, 0.2) is 42.9 Å². The third kappa shape index (κ3) is 4.61. The minimum atomic E-state index is -0.475. The number of ether oxygens (including phenoxy) is 1. The number of fused-ring (bicyclic) bond motifs is 1. The third-order valence-electron chi connectivity index (χ3n) is 5.33. The topological polar surface area (TPSA) is 59.7 Å².